The molecule has 3 rings (SSSR count). The van der Waals surface area contributed by atoms with Crippen LogP contribution >= 0.6 is 11.3 Å². The van der Waals surface area contributed by atoms with Crippen LogP contribution in [-0.4, -0.2) is 42.6 Å². The van der Waals surface area contributed by atoms with Gasteiger partial charge in [0.1, 0.15) is 0 Å². The van der Waals surface area contributed by atoms with Crippen molar-refractivity contribution < 1.29 is 24.2 Å². The molecule has 6 nitrogen and oxygen atoms in total. The summed E-state index contributed by atoms with van der Waals surface area (Å²) in [6.07, 6.45) is 0.485. The molecule has 1 aromatic carbocycles. The number of thiophene rings is 1. The van der Waals surface area contributed by atoms with Gasteiger partial charge in [-0.1, -0.05) is 0 Å². The Balaban J connectivity index is 2.04. The van der Waals surface area contributed by atoms with Gasteiger partial charge in [0.25, 0.3) is 5.91 Å². The monoisotopic (exact) mass is 389 g/mol. The SMILES string of the molecule is COc1cc2c(cc1OC)C(CC(=O)O)N(C(=O)c1cc(C)c(C)s1)CC2. The van der Waals surface area contributed by atoms with Crippen molar-refractivity contribution in [2.45, 2.75) is 32.7 Å². The van der Waals surface area contributed by atoms with Crippen LogP contribution in [0.5, 0.6) is 11.5 Å². The van der Waals surface area contributed by atoms with E-state index in [-0.39, 0.29) is 12.3 Å². The Hall–Kier alpha value is -2.54. The van der Waals surface area contributed by atoms with Gasteiger partial charge in [0.05, 0.1) is 31.6 Å². The number of benzene rings is 1. The van der Waals surface area contributed by atoms with E-state index in [2.05, 4.69) is 0 Å². The highest BCUT2D eigenvalue weighted by Gasteiger charge is 2.34. The Morgan fingerprint density at radius 2 is 1.85 bits per heavy atom. The lowest BCUT2D eigenvalue weighted by Crippen LogP contribution is -2.40. The normalized spacial score (nSPS) is 16.0. The summed E-state index contributed by atoms with van der Waals surface area (Å²) < 4.78 is 10.7. The third-order valence-corrected chi connectivity index (χ3v) is 6.15. The minimum Gasteiger partial charge on any atom is -0.493 e. The van der Waals surface area contributed by atoms with Gasteiger partial charge in [-0.15, -0.1) is 11.3 Å². The first-order chi connectivity index (χ1) is 12.8. The standard InChI is InChI=1S/C20H23NO5S/c1-11-7-18(27-12(11)2)20(24)21-6-5-13-8-16(25-3)17(26-4)9-14(13)15(21)10-19(22)23/h7-9,15H,5-6,10H2,1-4H3,(H,22,23). The Bertz CT molecular complexity index is 869. The minimum atomic E-state index is -0.945. The molecule has 1 amide bonds. The molecule has 1 unspecified atom stereocenters. The van der Waals surface area contributed by atoms with Crippen molar-refractivity contribution in [2.24, 2.45) is 0 Å². The third kappa shape index (κ3) is 3.64. The molecule has 2 heterocycles. The second-order valence-corrected chi connectivity index (χ2v) is 7.87. The van der Waals surface area contributed by atoms with Crippen molar-refractivity contribution in [3.8, 4) is 11.5 Å². The van der Waals surface area contributed by atoms with Crippen LogP contribution in [0.4, 0.5) is 0 Å². The lowest BCUT2D eigenvalue weighted by Gasteiger charge is -2.37. The molecule has 1 aliphatic rings. The molecule has 0 bridgehead atoms. The number of carbonyl (C=O) groups excluding carboxylic acids is 1. The van der Waals surface area contributed by atoms with Crippen LogP contribution in [0.3, 0.4) is 0 Å². The quantitative estimate of drug-likeness (QED) is 0.846. The van der Waals surface area contributed by atoms with Crippen LogP contribution in [0, 0.1) is 13.8 Å². The zero-order valence-electron chi connectivity index (χ0n) is 15.9. The van der Waals surface area contributed by atoms with E-state index < -0.39 is 12.0 Å². The van der Waals surface area contributed by atoms with E-state index in [0.717, 1.165) is 21.6 Å². The minimum absolute atomic E-state index is 0.122. The summed E-state index contributed by atoms with van der Waals surface area (Å²) in [4.78, 5) is 28.1. The van der Waals surface area contributed by atoms with Gasteiger partial charge in [-0.25, -0.2) is 0 Å². The van der Waals surface area contributed by atoms with E-state index >= 15 is 0 Å². The Morgan fingerprint density at radius 3 is 2.41 bits per heavy atom. The lowest BCUT2D eigenvalue weighted by atomic mass is 9.89. The van der Waals surface area contributed by atoms with Crippen molar-refractivity contribution in [3.05, 3.63) is 44.6 Å². The number of aryl methyl sites for hydroxylation is 2. The van der Waals surface area contributed by atoms with Crippen LogP contribution < -0.4 is 9.47 Å². The fourth-order valence-corrected chi connectivity index (χ4v) is 4.47. The highest BCUT2D eigenvalue weighted by molar-refractivity contribution is 7.14. The molecule has 1 N–H and O–H groups in total. The number of fused-ring (bicyclic) bond motifs is 1. The number of carbonyl (C=O) groups is 2. The van der Waals surface area contributed by atoms with Crippen LogP contribution in [0.2, 0.25) is 0 Å². The van der Waals surface area contributed by atoms with Crippen LogP contribution in [-0.2, 0) is 11.2 Å². The number of amides is 1. The van der Waals surface area contributed by atoms with Crippen molar-refractivity contribution in [1.29, 1.82) is 0 Å². The summed E-state index contributed by atoms with van der Waals surface area (Å²) in [6.45, 7) is 4.42. The van der Waals surface area contributed by atoms with Gasteiger partial charge in [0.2, 0.25) is 0 Å². The van der Waals surface area contributed by atoms with Gasteiger partial charge >= 0.3 is 5.97 Å². The smallest absolute Gasteiger partial charge is 0.305 e. The highest BCUT2D eigenvalue weighted by atomic mass is 32.1. The van der Waals surface area contributed by atoms with Gasteiger partial charge in [0.15, 0.2) is 11.5 Å². The van der Waals surface area contributed by atoms with Crippen molar-refractivity contribution in [3.63, 3.8) is 0 Å². The Labute approximate surface area is 162 Å². The van der Waals surface area contributed by atoms with E-state index in [4.69, 9.17) is 9.47 Å². The molecule has 0 saturated carbocycles. The van der Waals surface area contributed by atoms with E-state index in [1.807, 2.05) is 26.0 Å². The molecule has 0 radical (unpaired) electrons. The zero-order valence-corrected chi connectivity index (χ0v) is 16.7. The molecular formula is C20H23NO5S. The fourth-order valence-electron chi connectivity index (χ4n) is 3.48. The number of carboxylic acid groups (broad SMARTS) is 1. The summed E-state index contributed by atoms with van der Waals surface area (Å²) in [5, 5.41) is 9.45. The van der Waals surface area contributed by atoms with E-state index in [1.165, 1.54) is 11.3 Å². The predicted octanol–water partition coefficient (Wildman–Crippen LogP) is 3.60. The number of aliphatic carboxylic acids is 1. The second-order valence-electron chi connectivity index (χ2n) is 6.62. The first kappa shape index (κ1) is 19.2. The number of hydrogen-bond donors (Lipinski definition) is 1. The van der Waals surface area contributed by atoms with Crippen molar-refractivity contribution >= 4 is 23.2 Å². The van der Waals surface area contributed by atoms with Crippen molar-refractivity contribution in [1.82, 2.24) is 4.90 Å². The summed E-state index contributed by atoms with van der Waals surface area (Å²) in [6, 6.07) is 5.02. The summed E-state index contributed by atoms with van der Waals surface area (Å²) in [7, 11) is 3.11. The number of ether oxygens (including phenoxy) is 2. The number of nitrogens with zero attached hydrogens (tertiary/aromatic N) is 1. The molecule has 7 heteroatoms. The van der Waals surface area contributed by atoms with Gasteiger partial charge in [0, 0.05) is 11.4 Å². The predicted molar refractivity (Wildman–Crippen MR) is 103 cm³/mol. The van der Waals surface area contributed by atoms with Crippen molar-refractivity contribution in [2.75, 3.05) is 20.8 Å². The summed E-state index contributed by atoms with van der Waals surface area (Å²) in [5.74, 6) is 0.0696. The van der Waals surface area contributed by atoms with Gasteiger partial charge in [-0.3, -0.25) is 9.59 Å². The fraction of sp³-hybridized carbons (Fsp3) is 0.400. The van der Waals surface area contributed by atoms with E-state index in [1.54, 1.807) is 25.2 Å². The maximum absolute atomic E-state index is 13.1. The molecule has 1 aromatic heterocycles. The van der Waals surface area contributed by atoms with Crippen LogP contribution in [0.15, 0.2) is 18.2 Å². The van der Waals surface area contributed by atoms with Crippen LogP contribution in [0.25, 0.3) is 0 Å². The number of methoxy groups -OCH3 is 2. The molecule has 0 aliphatic carbocycles. The molecular weight excluding hydrogens is 366 g/mol. The maximum Gasteiger partial charge on any atom is 0.305 e. The van der Waals surface area contributed by atoms with Gasteiger partial charge < -0.3 is 19.5 Å². The largest absolute Gasteiger partial charge is 0.493 e. The number of hydrogen-bond acceptors (Lipinski definition) is 5. The first-order valence-electron chi connectivity index (χ1n) is 8.70. The highest BCUT2D eigenvalue weighted by Crippen LogP contribution is 2.40. The van der Waals surface area contributed by atoms with Gasteiger partial charge in [-0.05, 0) is 55.2 Å². The maximum atomic E-state index is 13.1. The molecule has 0 saturated heterocycles. The van der Waals surface area contributed by atoms with E-state index in [0.29, 0.717) is 29.3 Å². The van der Waals surface area contributed by atoms with Crippen LogP contribution in [0.1, 0.15) is 43.7 Å². The molecule has 1 aliphatic heterocycles. The Kier molecular flexibility index (Phi) is 5.41. The zero-order chi connectivity index (χ0) is 19.7. The van der Waals surface area contributed by atoms with E-state index in [9.17, 15) is 14.7 Å². The summed E-state index contributed by atoms with van der Waals surface area (Å²) >= 11 is 1.45. The average molecular weight is 389 g/mol. The molecule has 2 aromatic rings. The molecule has 0 fully saturated rings. The Morgan fingerprint density at radius 1 is 1.19 bits per heavy atom. The third-order valence-electron chi connectivity index (χ3n) is 5.01. The summed E-state index contributed by atoms with van der Waals surface area (Å²) in [5.41, 5.74) is 2.86. The molecule has 1 atom stereocenters. The number of rotatable bonds is 5. The average Bonchev–Trinajstić information content (AvgIpc) is 2.98. The number of carboxylic acids is 1. The molecule has 144 valence electrons. The lowest BCUT2D eigenvalue weighted by molar-refractivity contribution is -0.138. The second kappa shape index (κ2) is 7.60. The van der Waals surface area contributed by atoms with Gasteiger partial charge in [-0.2, -0.15) is 0 Å². The first-order valence-corrected chi connectivity index (χ1v) is 9.52. The molecule has 27 heavy (non-hydrogen) atoms. The molecule has 0 spiro atoms. The topological polar surface area (TPSA) is 76.1 Å².